The number of nitrogens with one attached hydrogen (secondary N) is 1. The molecule has 0 unspecified atom stereocenters. The standard InChI is InChI=1S/C18H22N2O5S/c1-4-25-17(22)10-13-11-26-18(19-13)20-16(21)8-5-12-9-14(23-2)6-7-15(12)24-3/h6-7,9,11H,4-5,8,10H2,1-3H3,(H,19,20,21). The van der Waals surface area contributed by atoms with Gasteiger partial charge in [-0.15, -0.1) is 11.3 Å². The molecular formula is C18H22N2O5S. The Morgan fingerprint density at radius 3 is 2.73 bits per heavy atom. The summed E-state index contributed by atoms with van der Waals surface area (Å²) in [7, 11) is 3.18. The van der Waals surface area contributed by atoms with Crippen molar-refractivity contribution in [2.75, 3.05) is 26.1 Å². The first-order chi connectivity index (χ1) is 12.5. The molecule has 1 heterocycles. The maximum Gasteiger partial charge on any atom is 0.311 e. The third-order valence-electron chi connectivity index (χ3n) is 3.54. The topological polar surface area (TPSA) is 86.8 Å². The summed E-state index contributed by atoms with van der Waals surface area (Å²) < 4.78 is 15.4. The van der Waals surface area contributed by atoms with E-state index in [2.05, 4.69) is 10.3 Å². The fraction of sp³-hybridized carbons (Fsp3) is 0.389. The molecule has 26 heavy (non-hydrogen) atoms. The van der Waals surface area contributed by atoms with Gasteiger partial charge in [0.2, 0.25) is 5.91 Å². The number of hydrogen-bond donors (Lipinski definition) is 1. The number of thiazole rings is 1. The predicted molar refractivity (Wildman–Crippen MR) is 98.9 cm³/mol. The third kappa shape index (κ3) is 5.73. The molecule has 1 amide bonds. The summed E-state index contributed by atoms with van der Waals surface area (Å²) in [6.45, 7) is 2.09. The van der Waals surface area contributed by atoms with E-state index in [-0.39, 0.29) is 24.7 Å². The Labute approximate surface area is 156 Å². The number of nitrogens with zero attached hydrogens (tertiary/aromatic N) is 1. The van der Waals surface area contributed by atoms with Gasteiger partial charge >= 0.3 is 5.97 Å². The highest BCUT2D eigenvalue weighted by molar-refractivity contribution is 7.13. The molecule has 8 heteroatoms. The van der Waals surface area contributed by atoms with E-state index in [1.807, 2.05) is 18.2 Å². The van der Waals surface area contributed by atoms with Crippen molar-refractivity contribution in [3.05, 3.63) is 34.8 Å². The SMILES string of the molecule is CCOC(=O)Cc1csc(NC(=O)CCc2cc(OC)ccc2OC)n1. The molecule has 0 fully saturated rings. The summed E-state index contributed by atoms with van der Waals surface area (Å²) in [5.41, 5.74) is 1.47. The molecule has 0 spiro atoms. The summed E-state index contributed by atoms with van der Waals surface area (Å²) in [6.07, 6.45) is 0.880. The lowest BCUT2D eigenvalue weighted by Crippen LogP contribution is -2.13. The number of amides is 1. The third-order valence-corrected chi connectivity index (χ3v) is 4.34. The van der Waals surface area contributed by atoms with Gasteiger partial charge in [-0.25, -0.2) is 4.98 Å². The molecule has 1 N–H and O–H groups in total. The van der Waals surface area contributed by atoms with E-state index in [1.165, 1.54) is 11.3 Å². The van der Waals surface area contributed by atoms with Gasteiger partial charge in [-0.1, -0.05) is 0 Å². The van der Waals surface area contributed by atoms with Crippen LogP contribution in [0, 0.1) is 0 Å². The average molecular weight is 378 g/mol. The molecule has 0 saturated carbocycles. The van der Waals surface area contributed by atoms with Gasteiger partial charge in [-0.3, -0.25) is 9.59 Å². The summed E-state index contributed by atoms with van der Waals surface area (Å²) in [4.78, 5) is 27.8. The highest BCUT2D eigenvalue weighted by Crippen LogP contribution is 2.25. The lowest BCUT2D eigenvalue weighted by Gasteiger charge is -2.10. The van der Waals surface area contributed by atoms with E-state index in [4.69, 9.17) is 14.2 Å². The first-order valence-electron chi connectivity index (χ1n) is 8.16. The van der Waals surface area contributed by atoms with E-state index >= 15 is 0 Å². The van der Waals surface area contributed by atoms with E-state index in [9.17, 15) is 9.59 Å². The smallest absolute Gasteiger partial charge is 0.311 e. The first kappa shape index (κ1) is 19.7. The zero-order valence-electron chi connectivity index (χ0n) is 15.0. The number of hydrogen-bond acceptors (Lipinski definition) is 7. The van der Waals surface area contributed by atoms with Gasteiger partial charge in [-0.05, 0) is 37.1 Å². The van der Waals surface area contributed by atoms with Crippen molar-refractivity contribution in [1.82, 2.24) is 4.98 Å². The number of carbonyl (C=O) groups is 2. The molecule has 0 aliphatic heterocycles. The Morgan fingerprint density at radius 1 is 1.23 bits per heavy atom. The molecule has 1 aromatic heterocycles. The molecule has 0 saturated heterocycles. The number of esters is 1. The molecule has 2 aromatic rings. The summed E-state index contributed by atoms with van der Waals surface area (Å²) >= 11 is 1.28. The fourth-order valence-corrected chi connectivity index (χ4v) is 3.04. The lowest BCUT2D eigenvalue weighted by atomic mass is 10.1. The number of anilines is 1. The molecular weight excluding hydrogens is 356 g/mol. The number of benzene rings is 1. The second-order valence-electron chi connectivity index (χ2n) is 5.35. The minimum atomic E-state index is -0.333. The minimum absolute atomic E-state index is 0.0984. The first-order valence-corrected chi connectivity index (χ1v) is 9.04. The van der Waals surface area contributed by atoms with E-state index in [0.29, 0.717) is 35.4 Å². The largest absolute Gasteiger partial charge is 0.497 e. The van der Waals surface area contributed by atoms with Crippen LogP contribution in [0.1, 0.15) is 24.6 Å². The van der Waals surface area contributed by atoms with Crippen LogP contribution < -0.4 is 14.8 Å². The van der Waals surface area contributed by atoms with Gasteiger partial charge in [-0.2, -0.15) is 0 Å². The number of aromatic nitrogens is 1. The van der Waals surface area contributed by atoms with Crippen molar-refractivity contribution in [3.63, 3.8) is 0 Å². The number of carbonyl (C=O) groups excluding carboxylic acids is 2. The summed E-state index contributed by atoms with van der Waals surface area (Å²) in [5, 5.41) is 4.95. The second-order valence-corrected chi connectivity index (χ2v) is 6.21. The number of ether oxygens (including phenoxy) is 3. The molecule has 0 aliphatic rings. The van der Waals surface area contributed by atoms with Crippen LogP contribution in [0.2, 0.25) is 0 Å². The van der Waals surface area contributed by atoms with E-state index in [0.717, 1.165) is 5.56 Å². The van der Waals surface area contributed by atoms with Crippen LogP contribution in [0.5, 0.6) is 11.5 Å². The maximum atomic E-state index is 12.2. The molecule has 0 radical (unpaired) electrons. The summed E-state index contributed by atoms with van der Waals surface area (Å²) in [6, 6.07) is 5.48. The minimum Gasteiger partial charge on any atom is -0.497 e. The second kappa shape index (κ2) is 9.76. The fourth-order valence-electron chi connectivity index (χ4n) is 2.31. The Balaban J connectivity index is 1.89. The van der Waals surface area contributed by atoms with Gasteiger partial charge in [0.25, 0.3) is 0 Å². The highest BCUT2D eigenvalue weighted by Gasteiger charge is 2.12. The number of methoxy groups -OCH3 is 2. The zero-order chi connectivity index (χ0) is 18.9. The Hall–Kier alpha value is -2.61. The highest BCUT2D eigenvalue weighted by atomic mass is 32.1. The number of rotatable bonds is 9. The van der Waals surface area contributed by atoms with Crippen molar-refractivity contribution in [2.24, 2.45) is 0 Å². The predicted octanol–water partition coefficient (Wildman–Crippen LogP) is 2.84. The van der Waals surface area contributed by atoms with Gasteiger partial charge in [0.05, 0.1) is 32.9 Å². The van der Waals surface area contributed by atoms with E-state index in [1.54, 1.807) is 26.5 Å². The van der Waals surface area contributed by atoms with Crippen LogP contribution in [0.15, 0.2) is 23.6 Å². The van der Waals surface area contributed by atoms with Crippen molar-refractivity contribution >= 4 is 28.3 Å². The van der Waals surface area contributed by atoms with Crippen molar-refractivity contribution in [3.8, 4) is 11.5 Å². The Kier molecular flexibility index (Phi) is 7.40. The van der Waals surface area contributed by atoms with Crippen LogP contribution in [0.4, 0.5) is 5.13 Å². The van der Waals surface area contributed by atoms with Gasteiger partial charge in [0.15, 0.2) is 5.13 Å². The molecule has 7 nitrogen and oxygen atoms in total. The van der Waals surface area contributed by atoms with E-state index < -0.39 is 0 Å². The quantitative estimate of drug-likeness (QED) is 0.675. The lowest BCUT2D eigenvalue weighted by molar-refractivity contribution is -0.142. The number of aryl methyl sites for hydroxylation is 1. The van der Waals surface area contributed by atoms with Crippen molar-refractivity contribution in [2.45, 2.75) is 26.2 Å². The van der Waals surface area contributed by atoms with Crippen LogP contribution in [0.25, 0.3) is 0 Å². The molecule has 0 aliphatic carbocycles. The summed E-state index contributed by atoms with van der Waals surface area (Å²) in [5.74, 6) is 0.932. The van der Waals surface area contributed by atoms with Crippen molar-refractivity contribution < 1.29 is 23.8 Å². The zero-order valence-corrected chi connectivity index (χ0v) is 15.9. The molecule has 140 valence electrons. The van der Waals surface area contributed by atoms with Crippen LogP contribution >= 0.6 is 11.3 Å². The average Bonchev–Trinajstić information content (AvgIpc) is 3.06. The van der Waals surface area contributed by atoms with Crippen LogP contribution in [0.3, 0.4) is 0 Å². The maximum absolute atomic E-state index is 12.2. The van der Waals surface area contributed by atoms with Gasteiger partial charge < -0.3 is 19.5 Å². The Bertz CT molecular complexity index is 760. The van der Waals surface area contributed by atoms with Gasteiger partial charge in [0.1, 0.15) is 11.5 Å². The normalized spacial score (nSPS) is 10.3. The van der Waals surface area contributed by atoms with Crippen molar-refractivity contribution in [1.29, 1.82) is 0 Å². The monoisotopic (exact) mass is 378 g/mol. The molecule has 1 aromatic carbocycles. The Morgan fingerprint density at radius 2 is 2.04 bits per heavy atom. The molecule has 0 atom stereocenters. The van der Waals surface area contributed by atoms with Crippen LogP contribution in [-0.4, -0.2) is 37.7 Å². The van der Waals surface area contributed by atoms with Gasteiger partial charge in [0, 0.05) is 11.8 Å². The molecule has 2 rings (SSSR count). The van der Waals surface area contributed by atoms with Crippen LogP contribution in [-0.2, 0) is 27.2 Å². The molecule has 0 bridgehead atoms.